The first-order chi connectivity index (χ1) is 6.68. The van der Waals surface area contributed by atoms with E-state index in [4.69, 9.17) is 5.73 Å². The van der Waals surface area contributed by atoms with E-state index in [1.807, 2.05) is 41.1 Å². The van der Waals surface area contributed by atoms with Crippen molar-refractivity contribution < 1.29 is 5.11 Å². The smallest absolute Gasteiger partial charge is 0.0953 e. The molecule has 0 saturated heterocycles. The molecule has 14 heavy (non-hydrogen) atoms. The van der Waals surface area contributed by atoms with Crippen molar-refractivity contribution in [2.24, 2.45) is 5.73 Å². The van der Waals surface area contributed by atoms with Gasteiger partial charge in [-0.1, -0.05) is 6.07 Å². The van der Waals surface area contributed by atoms with Gasteiger partial charge in [-0.15, -0.1) is 0 Å². The van der Waals surface area contributed by atoms with Gasteiger partial charge < -0.3 is 15.2 Å². The van der Waals surface area contributed by atoms with Crippen LogP contribution in [-0.4, -0.2) is 15.5 Å². The fraction of sp³-hybridized carbons (Fsp3) is 0.273. The first-order valence-electron chi connectivity index (χ1n) is 4.69. The Morgan fingerprint density at radius 1 is 1.43 bits per heavy atom. The molecule has 0 aliphatic heterocycles. The Labute approximate surface area is 82.8 Å². The maximum atomic E-state index is 9.76. The van der Waals surface area contributed by atoms with E-state index in [9.17, 15) is 5.11 Å². The molecule has 2 aromatic rings. The second kappa shape index (κ2) is 3.44. The Bertz CT molecular complexity index is 401. The van der Waals surface area contributed by atoms with Crippen molar-refractivity contribution in [3.8, 4) is 0 Å². The van der Waals surface area contributed by atoms with Gasteiger partial charge in [0.25, 0.3) is 0 Å². The molecule has 0 aliphatic carbocycles. The van der Waals surface area contributed by atoms with Crippen LogP contribution in [0, 0.1) is 0 Å². The Morgan fingerprint density at radius 3 is 2.86 bits per heavy atom. The first kappa shape index (κ1) is 9.24. The lowest BCUT2D eigenvalue weighted by Gasteiger charge is -2.11. The highest BCUT2D eigenvalue weighted by atomic mass is 16.3. The molecule has 0 saturated carbocycles. The average Bonchev–Trinajstić information content (AvgIpc) is 2.59. The normalized spacial score (nSPS) is 15.6. The number of fused-ring (bicyclic) bond motifs is 1. The van der Waals surface area contributed by atoms with Crippen LogP contribution in [0.15, 0.2) is 36.7 Å². The number of hydrogen-bond donors (Lipinski definition) is 2. The van der Waals surface area contributed by atoms with E-state index in [-0.39, 0.29) is 6.04 Å². The third-order valence-electron chi connectivity index (χ3n) is 2.37. The number of pyridine rings is 1. The molecule has 2 heterocycles. The molecule has 2 atom stereocenters. The van der Waals surface area contributed by atoms with Gasteiger partial charge in [0, 0.05) is 29.5 Å². The molecule has 0 unspecified atom stereocenters. The maximum absolute atomic E-state index is 9.76. The number of aliphatic hydroxyl groups excluding tert-OH is 1. The summed E-state index contributed by atoms with van der Waals surface area (Å²) >= 11 is 0. The van der Waals surface area contributed by atoms with Crippen LogP contribution in [0.4, 0.5) is 0 Å². The highest BCUT2D eigenvalue weighted by Crippen LogP contribution is 2.18. The largest absolute Gasteiger partial charge is 0.387 e. The van der Waals surface area contributed by atoms with Gasteiger partial charge >= 0.3 is 0 Å². The van der Waals surface area contributed by atoms with Gasteiger partial charge in [-0.25, -0.2) is 0 Å². The van der Waals surface area contributed by atoms with Crippen LogP contribution < -0.4 is 5.73 Å². The van der Waals surface area contributed by atoms with E-state index in [1.54, 1.807) is 6.92 Å². The van der Waals surface area contributed by atoms with Gasteiger partial charge in [0.05, 0.1) is 6.10 Å². The van der Waals surface area contributed by atoms with Gasteiger partial charge in [0.1, 0.15) is 0 Å². The third kappa shape index (κ3) is 1.52. The number of hydrogen-bond acceptors (Lipinski definition) is 2. The molecule has 0 amide bonds. The molecule has 0 bridgehead atoms. The summed E-state index contributed by atoms with van der Waals surface area (Å²) in [6.45, 7) is 1.80. The Morgan fingerprint density at radius 2 is 2.21 bits per heavy atom. The molecule has 3 N–H and O–H groups in total. The molecule has 2 aromatic heterocycles. The highest BCUT2D eigenvalue weighted by molar-refractivity contribution is 5.50. The molecule has 0 aromatic carbocycles. The summed E-state index contributed by atoms with van der Waals surface area (Å²) in [6, 6.07) is 7.63. The molecule has 0 spiro atoms. The number of aromatic nitrogens is 1. The van der Waals surface area contributed by atoms with Crippen LogP contribution in [0.1, 0.15) is 18.6 Å². The summed E-state index contributed by atoms with van der Waals surface area (Å²) in [5.74, 6) is 0. The number of aliphatic hydroxyl groups is 1. The van der Waals surface area contributed by atoms with Gasteiger partial charge in [-0.2, -0.15) is 0 Å². The predicted molar refractivity (Wildman–Crippen MR) is 56.0 cm³/mol. The molecule has 74 valence electrons. The Hall–Kier alpha value is -1.32. The van der Waals surface area contributed by atoms with Crippen molar-refractivity contribution in [1.29, 1.82) is 0 Å². The van der Waals surface area contributed by atoms with E-state index in [0.29, 0.717) is 0 Å². The number of rotatable bonds is 2. The fourth-order valence-electron chi connectivity index (χ4n) is 1.54. The minimum absolute atomic E-state index is 0.243. The zero-order chi connectivity index (χ0) is 10.1. The van der Waals surface area contributed by atoms with Crippen LogP contribution >= 0.6 is 0 Å². The monoisotopic (exact) mass is 190 g/mol. The van der Waals surface area contributed by atoms with E-state index in [1.165, 1.54) is 0 Å². The minimum atomic E-state index is -0.588. The van der Waals surface area contributed by atoms with E-state index >= 15 is 0 Å². The van der Waals surface area contributed by atoms with Crippen molar-refractivity contribution in [1.82, 2.24) is 4.40 Å². The molecular weight excluding hydrogens is 176 g/mol. The molecule has 0 aliphatic rings. The standard InChI is InChI=1S/C11H14N2O/c1-8(12)11(14)9-6-10-4-2-3-5-13(10)7-9/h2-8,11,14H,12H2,1H3/t8-,11-/m1/s1. The van der Waals surface area contributed by atoms with Crippen molar-refractivity contribution in [3.05, 3.63) is 42.2 Å². The van der Waals surface area contributed by atoms with Gasteiger partial charge in [0.15, 0.2) is 0 Å². The van der Waals surface area contributed by atoms with Crippen molar-refractivity contribution in [2.45, 2.75) is 19.1 Å². The van der Waals surface area contributed by atoms with Crippen molar-refractivity contribution in [2.75, 3.05) is 0 Å². The van der Waals surface area contributed by atoms with Gasteiger partial charge in [0.2, 0.25) is 0 Å². The van der Waals surface area contributed by atoms with Crippen LogP contribution in [0.3, 0.4) is 0 Å². The molecule has 2 rings (SSSR count). The van der Waals surface area contributed by atoms with Crippen molar-refractivity contribution >= 4 is 5.52 Å². The van der Waals surface area contributed by atoms with E-state index < -0.39 is 6.10 Å². The summed E-state index contributed by atoms with van der Waals surface area (Å²) in [5, 5.41) is 9.76. The first-order valence-corrected chi connectivity index (χ1v) is 4.69. The van der Waals surface area contributed by atoms with Crippen LogP contribution in [0.2, 0.25) is 0 Å². The predicted octanol–water partition coefficient (Wildman–Crippen LogP) is 1.32. The third-order valence-corrected chi connectivity index (χ3v) is 2.37. The summed E-state index contributed by atoms with van der Waals surface area (Å²) in [6.07, 6.45) is 3.27. The lowest BCUT2D eigenvalue weighted by molar-refractivity contribution is 0.153. The second-order valence-electron chi connectivity index (χ2n) is 3.61. The zero-order valence-corrected chi connectivity index (χ0v) is 8.09. The fourth-order valence-corrected chi connectivity index (χ4v) is 1.54. The minimum Gasteiger partial charge on any atom is -0.387 e. The summed E-state index contributed by atoms with van der Waals surface area (Å²) in [5.41, 5.74) is 7.57. The molecular formula is C11H14N2O. The molecule has 3 heteroatoms. The Balaban J connectivity index is 2.45. The summed E-state index contributed by atoms with van der Waals surface area (Å²) < 4.78 is 1.97. The maximum Gasteiger partial charge on any atom is 0.0953 e. The number of nitrogens with zero attached hydrogens (tertiary/aromatic N) is 1. The summed E-state index contributed by atoms with van der Waals surface area (Å²) in [7, 11) is 0. The number of nitrogens with two attached hydrogens (primary N) is 1. The summed E-state index contributed by atoms with van der Waals surface area (Å²) in [4.78, 5) is 0. The van der Waals surface area contributed by atoms with Crippen molar-refractivity contribution in [3.63, 3.8) is 0 Å². The molecule has 3 nitrogen and oxygen atoms in total. The topological polar surface area (TPSA) is 50.7 Å². The van der Waals surface area contributed by atoms with Crippen LogP contribution in [-0.2, 0) is 0 Å². The quantitative estimate of drug-likeness (QED) is 0.750. The zero-order valence-electron chi connectivity index (χ0n) is 8.09. The lowest BCUT2D eigenvalue weighted by atomic mass is 10.1. The van der Waals surface area contributed by atoms with Gasteiger partial charge in [-0.3, -0.25) is 0 Å². The second-order valence-corrected chi connectivity index (χ2v) is 3.61. The average molecular weight is 190 g/mol. The van der Waals surface area contributed by atoms with Crippen LogP contribution in [0.25, 0.3) is 5.52 Å². The Kier molecular flexibility index (Phi) is 2.27. The highest BCUT2D eigenvalue weighted by Gasteiger charge is 2.13. The molecule has 0 radical (unpaired) electrons. The van der Waals surface area contributed by atoms with Gasteiger partial charge in [-0.05, 0) is 25.1 Å². The van der Waals surface area contributed by atoms with Crippen LogP contribution in [0.5, 0.6) is 0 Å². The molecule has 0 fully saturated rings. The SMILES string of the molecule is C[C@@H](N)[C@@H](O)c1cc2ccccn2c1. The lowest BCUT2D eigenvalue weighted by Crippen LogP contribution is -2.23. The van der Waals surface area contributed by atoms with E-state index in [2.05, 4.69) is 0 Å². The van der Waals surface area contributed by atoms with E-state index in [0.717, 1.165) is 11.1 Å².